The first kappa shape index (κ1) is 25.0. The van der Waals surface area contributed by atoms with Crippen molar-refractivity contribution >= 4 is 43.7 Å². The van der Waals surface area contributed by atoms with Gasteiger partial charge in [0.1, 0.15) is 0 Å². The molecule has 0 spiro atoms. The number of anilines is 2. The molecule has 1 heterocycles. The number of aromatic nitrogens is 1. The van der Waals surface area contributed by atoms with Crippen LogP contribution in [-0.2, 0) is 0 Å². The summed E-state index contributed by atoms with van der Waals surface area (Å²) in [6.07, 6.45) is 1.84. The lowest BCUT2D eigenvalue weighted by atomic mass is 9.91. The van der Waals surface area contributed by atoms with E-state index in [2.05, 4.69) is 150 Å². The van der Waals surface area contributed by atoms with Crippen molar-refractivity contribution < 1.29 is 0 Å². The van der Waals surface area contributed by atoms with Gasteiger partial charge < -0.3 is 5.32 Å². The van der Waals surface area contributed by atoms with Crippen LogP contribution in [0.5, 0.6) is 0 Å². The third-order valence-electron chi connectivity index (χ3n) is 8.26. The van der Waals surface area contributed by atoms with E-state index in [1.54, 1.807) is 0 Å². The summed E-state index contributed by atoms with van der Waals surface area (Å²) in [5, 5.41) is 11.2. The summed E-state index contributed by atoms with van der Waals surface area (Å²) < 4.78 is 0. The second kappa shape index (κ2) is 10.6. The maximum absolute atomic E-state index is 4.53. The fourth-order valence-corrected chi connectivity index (χ4v) is 6.14. The standard InChI is InChI=1S/C41H28N2/c1-2-11-34(12-3-1)43-41-27-32(39-26-30-10-4-5-13-35(30)37-14-6-7-15-38(37)39)21-22-36(41)31-19-17-29-25-33(20-18-28(29)24-31)40-16-8-9-23-42-40/h1-27,43H. The van der Waals surface area contributed by atoms with Gasteiger partial charge in [0.25, 0.3) is 0 Å². The molecule has 0 aliphatic heterocycles. The molecule has 202 valence electrons. The van der Waals surface area contributed by atoms with Crippen molar-refractivity contribution in [2.45, 2.75) is 0 Å². The van der Waals surface area contributed by atoms with E-state index in [-0.39, 0.29) is 0 Å². The molecule has 1 aromatic heterocycles. The Labute approximate surface area is 250 Å². The SMILES string of the molecule is c1ccc(Nc2cc(-c3cc4ccccc4c4ccccc34)ccc2-c2ccc3cc(-c4ccccn4)ccc3c2)cc1. The fourth-order valence-electron chi connectivity index (χ4n) is 6.14. The zero-order valence-corrected chi connectivity index (χ0v) is 23.5. The summed E-state index contributed by atoms with van der Waals surface area (Å²) in [5.41, 5.74) is 9.00. The quantitative estimate of drug-likeness (QED) is 0.216. The Morgan fingerprint density at radius 3 is 1.86 bits per heavy atom. The number of fused-ring (bicyclic) bond motifs is 4. The Balaban J connectivity index is 1.27. The van der Waals surface area contributed by atoms with E-state index in [4.69, 9.17) is 0 Å². The smallest absolute Gasteiger partial charge is 0.0702 e. The Kier molecular flexibility index (Phi) is 6.16. The Morgan fingerprint density at radius 2 is 1.05 bits per heavy atom. The Morgan fingerprint density at radius 1 is 0.395 bits per heavy atom. The van der Waals surface area contributed by atoms with Crippen LogP contribution in [0.15, 0.2) is 164 Å². The molecular formula is C41H28N2. The number of hydrogen-bond acceptors (Lipinski definition) is 2. The lowest BCUT2D eigenvalue weighted by molar-refractivity contribution is 1.33. The highest BCUT2D eigenvalue weighted by Crippen LogP contribution is 2.40. The van der Waals surface area contributed by atoms with Gasteiger partial charge in [-0.05, 0) is 97.5 Å². The van der Waals surface area contributed by atoms with Crippen LogP contribution in [-0.4, -0.2) is 4.98 Å². The highest BCUT2D eigenvalue weighted by molar-refractivity contribution is 6.14. The number of nitrogens with zero attached hydrogens (tertiary/aromatic N) is 1. The summed E-state index contributed by atoms with van der Waals surface area (Å²) in [5.74, 6) is 0. The Hall–Kier alpha value is -5.73. The van der Waals surface area contributed by atoms with Gasteiger partial charge in [0.05, 0.1) is 5.69 Å². The molecular weight excluding hydrogens is 520 g/mol. The highest BCUT2D eigenvalue weighted by Gasteiger charge is 2.13. The number of para-hydroxylation sites is 1. The molecule has 0 aliphatic carbocycles. The molecule has 0 fully saturated rings. The molecule has 0 aliphatic rings. The maximum Gasteiger partial charge on any atom is 0.0702 e. The molecule has 0 radical (unpaired) electrons. The largest absolute Gasteiger partial charge is 0.355 e. The number of nitrogens with one attached hydrogen (secondary N) is 1. The molecule has 2 heteroatoms. The molecule has 0 unspecified atom stereocenters. The summed E-state index contributed by atoms with van der Waals surface area (Å²) >= 11 is 0. The molecule has 8 rings (SSSR count). The van der Waals surface area contributed by atoms with E-state index in [0.717, 1.165) is 28.2 Å². The molecule has 0 amide bonds. The zero-order valence-electron chi connectivity index (χ0n) is 23.5. The van der Waals surface area contributed by atoms with E-state index in [1.165, 1.54) is 49.0 Å². The lowest BCUT2D eigenvalue weighted by Crippen LogP contribution is -1.95. The van der Waals surface area contributed by atoms with E-state index in [1.807, 2.05) is 24.4 Å². The molecule has 2 nitrogen and oxygen atoms in total. The molecule has 8 aromatic rings. The van der Waals surface area contributed by atoms with Crippen LogP contribution in [0.25, 0.3) is 65.8 Å². The van der Waals surface area contributed by atoms with Crippen LogP contribution in [0, 0.1) is 0 Å². The summed E-state index contributed by atoms with van der Waals surface area (Å²) in [4.78, 5) is 4.53. The normalized spacial score (nSPS) is 11.3. The van der Waals surface area contributed by atoms with Gasteiger partial charge in [-0.2, -0.15) is 0 Å². The highest BCUT2D eigenvalue weighted by atomic mass is 14.9. The topological polar surface area (TPSA) is 24.9 Å². The average molecular weight is 549 g/mol. The van der Waals surface area contributed by atoms with Gasteiger partial charge in [-0.15, -0.1) is 0 Å². The van der Waals surface area contributed by atoms with Gasteiger partial charge in [-0.3, -0.25) is 4.98 Å². The monoisotopic (exact) mass is 548 g/mol. The van der Waals surface area contributed by atoms with Crippen molar-refractivity contribution in [3.8, 4) is 33.5 Å². The lowest BCUT2D eigenvalue weighted by Gasteiger charge is -2.17. The zero-order chi connectivity index (χ0) is 28.6. The number of rotatable bonds is 5. The molecule has 7 aromatic carbocycles. The molecule has 0 saturated carbocycles. The van der Waals surface area contributed by atoms with Crippen molar-refractivity contribution in [3.63, 3.8) is 0 Å². The van der Waals surface area contributed by atoms with Crippen molar-refractivity contribution in [3.05, 3.63) is 164 Å². The van der Waals surface area contributed by atoms with Crippen LogP contribution in [0.2, 0.25) is 0 Å². The third-order valence-corrected chi connectivity index (χ3v) is 8.26. The summed E-state index contributed by atoms with van der Waals surface area (Å²) in [6.45, 7) is 0. The predicted molar refractivity (Wildman–Crippen MR) is 183 cm³/mol. The van der Waals surface area contributed by atoms with E-state index < -0.39 is 0 Å². The van der Waals surface area contributed by atoms with Gasteiger partial charge in [-0.25, -0.2) is 0 Å². The molecule has 0 atom stereocenters. The van der Waals surface area contributed by atoms with Gasteiger partial charge in [0, 0.05) is 28.7 Å². The van der Waals surface area contributed by atoms with Gasteiger partial charge in [-0.1, -0.05) is 109 Å². The van der Waals surface area contributed by atoms with Crippen LogP contribution in [0.4, 0.5) is 11.4 Å². The first-order valence-corrected chi connectivity index (χ1v) is 14.6. The number of benzene rings is 7. The number of hydrogen-bond donors (Lipinski definition) is 1. The molecule has 0 bridgehead atoms. The van der Waals surface area contributed by atoms with Crippen LogP contribution >= 0.6 is 0 Å². The first-order valence-electron chi connectivity index (χ1n) is 14.6. The van der Waals surface area contributed by atoms with Gasteiger partial charge in [0.2, 0.25) is 0 Å². The molecule has 1 N–H and O–H groups in total. The third kappa shape index (κ3) is 4.69. The van der Waals surface area contributed by atoms with Crippen molar-refractivity contribution in [1.29, 1.82) is 0 Å². The minimum atomic E-state index is 0.986. The summed E-state index contributed by atoms with van der Waals surface area (Å²) in [7, 11) is 0. The van der Waals surface area contributed by atoms with E-state index >= 15 is 0 Å². The van der Waals surface area contributed by atoms with Gasteiger partial charge in [0.15, 0.2) is 0 Å². The van der Waals surface area contributed by atoms with Crippen molar-refractivity contribution in [1.82, 2.24) is 4.98 Å². The van der Waals surface area contributed by atoms with Crippen LogP contribution in [0.3, 0.4) is 0 Å². The van der Waals surface area contributed by atoms with Crippen LogP contribution in [0.1, 0.15) is 0 Å². The Bertz CT molecular complexity index is 2250. The fraction of sp³-hybridized carbons (Fsp3) is 0. The van der Waals surface area contributed by atoms with Crippen molar-refractivity contribution in [2.24, 2.45) is 0 Å². The van der Waals surface area contributed by atoms with E-state index in [0.29, 0.717) is 0 Å². The minimum Gasteiger partial charge on any atom is -0.355 e. The number of pyridine rings is 1. The van der Waals surface area contributed by atoms with Crippen molar-refractivity contribution in [2.75, 3.05) is 5.32 Å². The first-order chi connectivity index (χ1) is 21.3. The van der Waals surface area contributed by atoms with Gasteiger partial charge >= 0.3 is 0 Å². The molecule has 43 heavy (non-hydrogen) atoms. The van der Waals surface area contributed by atoms with E-state index in [9.17, 15) is 0 Å². The average Bonchev–Trinajstić information content (AvgIpc) is 3.08. The summed E-state index contributed by atoms with van der Waals surface area (Å²) in [6, 6.07) is 56.3. The second-order valence-electron chi connectivity index (χ2n) is 10.9. The predicted octanol–water partition coefficient (Wildman–Crippen LogP) is 11.3. The molecule has 0 saturated heterocycles. The van der Waals surface area contributed by atoms with Crippen LogP contribution < -0.4 is 5.32 Å². The minimum absolute atomic E-state index is 0.986. The maximum atomic E-state index is 4.53. The second-order valence-corrected chi connectivity index (χ2v) is 10.9.